The van der Waals surface area contributed by atoms with Crippen LogP contribution in [0.2, 0.25) is 5.02 Å². The van der Waals surface area contributed by atoms with E-state index in [1.807, 2.05) is 43.5 Å². The third kappa shape index (κ3) is 2.51. The minimum absolute atomic E-state index is 0.0807. The first-order valence-electron chi connectivity index (χ1n) is 5.20. The number of amides is 1. The highest BCUT2D eigenvalue weighted by Crippen LogP contribution is 2.24. The summed E-state index contributed by atoms with van der Waals surface area (Å²) in [5, 5.41) is 5.45. The first-order valence-corrected chi connectivity index (χ1v) is 6.46. The van der Waals surface area contributed by atoms with Crippen molar-refractivity contribution in [2.24, 2.45) is 0 Å². The van der Waals surface area contributed by atoms with Crippen molar-refractivity contribution in [2.45, 2.75) is 13.8 Å². The van der Waals surface area contributed by atoms with Crippen LogP contribution in [-0.4, -0.2) is 5.91 Å². The Morgan fingerprint density at radius 1 is 1.29 bits per heavy atom. The van der Waals surface area contributed by atoms with Gasteiger partial charge in [0.05, 0.1) is 4.88 Å². The molecule has 0 aliphatic carbocycles. The molecule has 1 N–H and O–H groups in total. The van der Waals surface area contributed by atoms with Crippen molar-refractivity contribution in [3.05, 3.63) is 50.7 Å². The smallest absolute Gasteiger partial charge is 0.266 e. The summed E-state index contributed by atoms with van der Waals surface area (Å²) in [4.78, 5) is 12.8. The summed E-state index contributed by atoms with van der Waals surface area (Å²) in [6.07, 6.45) is 0. The molecular formula is C13H12ClNOS. The van der Waals surface area contributed by atoms with Crippen LogP contribution in [0.3, 0.4) is 0 Å². The second-order valence-electron chi connectivity index (χ2n) is 3.80. The summed E-state index contributed by atoms with van der Waals surface area (Å²) in [5.74, 6) is -0.0807. The summed E-state index contributed by atoms with van der Waals surface area (Å²) in [6.45, 7) is 3.81. The second-order valence-corrected chi connectivity index (χ2v) is 5.12. The molecule has 0 radical (unpaired) electrons. The van der Waals surface area contributed by atoms with E-state index in [2.05, 4.69) is 5.32 Å². The van der Waals surface area contributed by atoms with Crippen molar-refractivity contribution in [1.29, 1.82) is 0 Å². The van der Waals surface area contributed by atoms with Gasteiger partial charge in [0.25, 0.3) is 5.91 Å². The molecule has 1 heterocycles. The molecule has 2 rings (SSSR count). The Morgan fingerprint density at radius 2 is 2.06 bits per heavy atom. The average molecular weight is 266 g/mol. The van der Waals surface area contributed by atoms with Gasteiger partial charge in [-0.3, -0.25) is 4.79 Å². The maximum atomic E-state index is 12.0. The summed E-state index contributed by atoms with van der Waals surface area (Å²) in [5.41, 5.74) is 2.64. The molecule has 1 aromatic carbocycles. The van der Waals surface area contributed by atoms with Crippen LogP contribution < -0.4 is 5.32 Å². The fourth-order valence-corrected chi connectivity index (χ4v) is 2.52. The van der Waals surface area contributed by atoms with Crippen molar-refractivity contribution >= 4 is 34.5 Å². The van der Waals surface area contributed by atoms with E-state index in [9.17, 15) is 4.79 Å². The van der Waals surface area contributed by atoms with Crippen molar-refractivity contribution in [3.8, 4) is 0 Å². The van der Waals surface area contributed by atoms with E-state index < -0.39 is 0 Å². The fraction of sp³-hybridized carbons (Fsp3) is 0.154. The van der Waals surface area contributed by atoms with Crippen LogP contribution in [0, 0.1) is 13.8 Å². The first kappa shape index (κ1) is 12.1. The van der Waals surface area contributed by atoms with E-state index in [0.29, 0.717) is 5.02 Å². The third-order valence-electron chi connectivity index (χ3n) is 2.58. The molecule has 0 aliphatic rings. The number of rotatable bonds is 2. The summed E-state index contributed by atoms with van der Waals surface area (Å²) < 4.78 is 0. The third-order valence-corrected chi connectivity index (χ3v) is 4.01. The number of halogens is 1. The van der Waals surface area contributed by atoms with E-state index >= 15 is 0 Å². The quantitative estimate of drug-likeness (QED) is 0.863. The average Bonchev–Trinajstić information content (AvgIpc) is 2.71. The number of hydrogen-bond acceptors (Lipinski definition) is 2. The zero-order valence-corrected chi connectivity index (χ0v) is 11.2. The van der Waals surface area contributed by atoms with Crippen LogP contribution in [0.4, 0.5) is 5.69 Å². The van der Waals surface area contributed by atoms with Crippen LogP contribution in [0.1, 0.15) is 20.8 Å². The van der Waals surface area contributed by atoms with E-state index in [1.165, 1.54) is 11.3 Å². The number of anilines is 1. The summed E-state index contributed by atoms with van der Waals surface area (Å²) in [7, 11) is 0. The van der Waals surface area contributed by atoms with Gasteiger partial charge in [-0.2, -0.15) is 0 Å². The molecule has 0 unspecified atom stereocenters. The lowest BCUT2D eigenvalue weighted by Gasteiger charge is -2.08. The van der Waals surface area contributed by atoms with Gasteiger partial charge < -0.3 is 5.32 Å². The molecule has 0 saturated heterocycles. The Hall–Kier alpha value is -1.32. The van der Waals surface area contributed by atoms with Crippen LogP contribution in [0.5, 0.6) is 0 Å². The molecule has 0 fully saturated rings. The van der Waals surface area contributed by atoms with E-state index in [-0.39, 0.29) is 5.91 Å². The minimum atomic E-state index is -0.0807. The van der Waals surface area contributed by atoms with Gasteiger partial charge in [-0.25, -0.2) is 0 Å². The van der Waals surface area contributed by atoms with Gasteiger partial charge in [-0.1, -0.05) is 17.7 Å². The lowest BCUT2D eigenvalue weighted by atomic mass is 10.2. The van der Waals surface area contributed by atoms with Crippen LogP contribution >= 0.6 is 22.9 Å². The fourth-order valence-electron chi connectivity index (χ4n) is 1.53. The van der Waals surface area contributed by atoms with Crippen LogP contribution in [0.15, 0.2) is 29.6 Å². The van der Waals surface area contributed by atoms with Crippen molar-refractivity contribution < 1.29 is 4.79 Å². The number of aryl methyl sites for hydroxylation is 1. The number of benzene rings is 1. The minimum Gasteiger partial charge on any atom is -0.321 e. The van der Waals surface area contributed by atoms with Crippen LogP contribution in [0.25, 0.3) is 0 Å². The second kappa shape index (κ2) is 4.90. The summed E-state index contributed by atoms with van der Waals surface area (Å²) in [6, 6.07) is 7.42. The van der Waals surface area contributed by atoms with E-state index in [4.69, 9.17) is 11.6 Å². The lowest BCUT2D eigenvalue weighted by molar-refractivity contribution is 0.103. The monoisotopic (exact) mass is 265 g/mol. The van der Waals surface area contributed by atoms with Crippen molar-refractivity contribution in [3.63, 3.8) is 0 Å². The zero-order valence-electron chi connectivity index (χ0n) is 9.58. The predicted molar refractivity (Wildman–Crippen MR) is 73.2 cm³/mol. The molecule has 2 nitrogen and oxygen atoms in total. The Bertz CT molecular complexity index is 562. The van der Waals surface area contributed by atoms with Gasteiger partial charge in [0.15, 0.2) is 0 Å². The molecular weight excluding hydrogens is 254 g/mol. The molecule has 2 aromatic rings. The zero-order chi connectivity index (χ0) is 12.4. The number of carbonyl (C=O) groups is 1. The van der Waals surface area contributed by atoms with Crippen molar-refractivity contribution in [1.82, 2.24) is 0 Å². The molecule has 4 heteroatoms. The Balaban J connectivity index is 2.25. The molecule has 0 bridgehead atoms. The van der Waals surface area contributed by atoms with Gasteiger partial charge in [0, 0.05) is 10.7 Å². The predicted octanol–water partition coefficient (Wildman–Crippen LogP) is 4.27. The molecule has 1 amide bonds. The Morgan fingerprint density at radius 3 is 2.71 bits per heavy atom. The number of thiophene rings is 1. The number of carbonyl (C=O) groups excluding carboxylic acids is 1. The molecule has 0 saturated carbocycles. The highest BCUT2D eigenvalue weighted by Gasteiger charge is 2.12. The van der Waals surface area contributed by atoms with Crippen LogP contribution in [-0.2, 0) is 0 Å². The molecule has 0 spiro atoms. The molecule has 1 aromatic heterocycles. The largest absolute Gasteiger partial charge is 0.321 e. The lowest BCUT2D eigenvalue weighted by Crippen LogP contribution is -2.12. The van der Waals surface area contributed by atoms with Gasteiger partial charge in [-0.05, 0) is 48.6 Å². The van der Waals surface area contributed by atoms with Gasteiger partial charge >= 0.3 is 0 Å². The highest BCUT2D eigenvalue weighted by atomic mass is 35.5. The highest BCUT2D eigenvalue weighted by molar-refractivity contribution is 7.12. The Labute approximate surface area is 109 Å². The molecule has 0 aliphatic heterocycles. The maximum Gasteiger partial charge on any atom is 0.266 e. The van der Waals surface area contributed by atoms with Gasteiger partial charge in [0.1, 0.15) is 0 Å². The topological polar surface area (TPSA) is 29.1 Å². The molecule has 17 heavy (non-hydrogen) atoms. The summed E-state index contributed by atoms with van der Waals surface area (Å²) >= 11 is 7.45. The van der Waals surface area contributed by atoms with Gasteiger partial charge in [-0.15, -0.1) is 11.3 Å². The van der Waals surface area contributed by atoms with E-state index in [1.54, 1.807) is 0 Å². The molecule has 88 valence electrons. The molecule has 0 atom stereocenters. The number of nitrogens with one attached hydrogen (secondary N) is 1. The first-order chi connectivity index (χ1) is 8.09. The SMILES string of the molecule is Cc1ccsc1C(=O)Nc1cccc(Cl)c1C. The van der Waals surface area contributed by atoms with Gasteiger partial charge in [0.2, 0.25) is 0 Å². The normalized spacial score (nSPS) is 10.3. The Kier molecular flexibility index (Phi) is 3.50. The van der Waals surface area contributed by atoms with Crippen molar-refractivity contribution in [2.75, 3.05) is 5.32 Å². The number of hydrogen-bond donors (Lipinski definition) is 1. The maximum absolute atomic E-state index is 12.0. The van der Waals surface area contributed by atoms with E-state index in [0.717, 1.165) is 21.7 Å². The standard InChI is InChI=1S/C13H12ClNOS/c1-8-6-7-17-12(8)13(16)15-11-5-3-4-10(14)9(11)2/h3-7H,1-2H3,(H,15,16).